The molecule has 8 nitrogen and oxygen atoms in total. The molecule has 0 aromatic carbocycles. The van der Waals surface area contributed by atoms with Gasteiger partial charge >= 0.3 is 12.0 Å². The maximum atomic E-state index is 12.2. The van der Waals surface area contributed by atoms with Crippen molar-refractivity contribution in [1.82, 2.24) is 15.1 Å². The highest BCUT2D eigenvalue weighted by atomic mass is 16.4. The molecule has 120 valence electrons. The van der Waals surface area contributed by atoms with E-state index >= 15 is 0 Å². The van der Waals surface area contributed by atoms with E-state index in [2.05, 4.69) is 10.2 Å². The first kappa shape index (κ1) is 17.2. The van der Waals surface area contributed by atoms with Crippen LogP contribution < -0.4 is 11.1 Å². The molecule has 1 aliphatic rings. The second-order valence-electron chi connectivity index (χ2n) is 5.61. The van der Waals surface area contributed by atoms with Gasteiger partial charge in [0.2, 0.25) is 5.91 Å². The minimum absolute atomic E-state index is 0.00471. The first-order valence-electron chi connectivity index (χ1n) is 7.00. The molecule has 3 amide bonds. The number of carboxylic acid groups (broad SMARTS) is 1. The molecule has 2 unspecified atom stereocenters. The summed E-state index contributed by atoms with van der Waals surface area (Å²) in [5.74, 6) is -1.75. The number of carbonyl (C=O) groups excluding carboxylic acids is 2. The molecule has 4 N–H and O–H groups in total. The highest BCUT2D eigenvalue weighted by molar-refractivity contribution is 5.83. The number of primary amides is 1. The molecule has 1 aliphatic heterocycles. The number of nitrogens with two attached hydrogens (primary N) is 1. The third-order valence-corrected chi connectivity index (χ3v) is 3.92. The maximum absolute atomic E-state index is 12.2. The molecule has 1 heterocycles. The van der Waals surface area contributed by atoms with Crippen molar-refractivity contribution in [3.63, 3.8) is 0 Å². The number of carbonyl (C=O) groups is 3. The number of urea groups is 1. The lowest BCUT2D eigenvalue weighted by Crippen LogP contribution is -2.59. The van der Waals surface area contributed by atoms with E-state index in [0.29, 0.717) is 13.1 Å². The average molecular weight is 300 g/mol. The van der Waals surface area contributed by atoms with Gasteiger partial charge in [-0.25, -0.2) is 9.59 Å². The summed E-state index contributed by atoms with van der Waals surface area (Å²) in [6.45, 7) is 5.10. The van der Waals surface area contributed by atoms with Crippen molar-refractivity contribution in [2.75, 3.05) is 20.1 Å². The fourth-order valence-electron chi connectivity index (χ4n) is 2.35. The highest BCUT2D eigenvalue weighted by Crippen LogP contribution is 2.13. The first-order chi connectivity index (χ1) is 9.72. The number of nitrogens with one attached hydrogen (secondary N) is 1. The van der Waals surface area contributed by atoms with Crippen LogP contribution in [-0.2, 0) is 9.59 Å². The molecule has 0 radical (unpaired) electrons. The molecule has 1 rings (SSSR count). The lowest BCUT2D eigenvalue weighted by molar-refractivity contribution is -0.139. The largest absolute Gasteiger partial charge is 0.480 e. The van der Waals surface area contributed by atoms with Crippen molar-refractivity contribution < 1.29 is 19.5 Å². The molecule has 21 heavy (non-hydrogen) atoms. The number of amides is 3. The minimum atomic E-state index is -1.17. The topological polar surface area (TPSA) is 116 Å². The number of likely N-dealkylation sites (N-methyl/N-ethyl adjacent to an activating group) is 1. The Bertz CT molecular complexity index is 403. The minimum Gasteiger partial charge on any atom is -0.480 e. The number of piperazine rings is 1. The van der Waals surface area contributed by atoms with Crippen molar-refractivity contribution in [1.29, 1.82) is 0 Å². The molecule has 0 aliphatic carbocycles. The summed E-state index contributed by atoms with van der Waals surface area (Å²) in [5.41, 5.74) is 5.01. The Morgan fingerprint density at radius 2 is 1.81 bits per heavy atom. The summed E-state index contributed by atoms with van der Waals surface area (Å²) >= 11 is 0. The molecule has 0 spiro atoms. The molecular weight excluding hydrogens is 276 g/mol. The van der Waals surface area contributed by atoms with Crippen LogP contribution in [0.3, 0.4) is 0 Å². The van der Waals surface area contributed by atoms with Crippen LogP contribution in [0.4, 0.5) is 4.79 Å². The molecule has 0 aromatic rings. The molecule has 1 fully saturated rings. The summed E-state index contributed by atoms with van der Waals surface area (Å²) < 4.78 is 0. The van der Waals surface area contributed by atoms with E-state index in [1.54, 1.807) is 4.90 Å². The van der Waals surface area contributed by atoms with E-state index in [9.17, 15) is 14.4 Å². The Hall–Kier alpha value is -1.83. The van der Waals surface area contributed by atoms with Gasteiger partial charge in [0.05, 0.1) is 0 Å². The van der Waals surface area contributed by atoms with Gasteiger partial charge in [-0.15, -0.1) is 0 Å². The summed E-state index contributed by atoms with van der Waals surface area (Å²) in [7, 11) is 2.00. The number of nitrogens with zero attached hydrogens (tertiary/aromatic N) is 2. The predicted octanol–water partition coefficient (Wildman–Crippen LogP) is -0.561. The van der Waals surface area contributed by atoms with Crippen LogP contribution in [-0.4, -0.2) is 71.1 Å². The van der Waals surface area contributed by atoms with E-state index in [1.165, 1.54) is 0 Å². The summed E-state index contributed by atoms with van der Waals surface area (Å²) in [6.07, 6.45) is -0.0813. The zero-order chi connectivity index (χ0) is 16.2. The number of hydrogen-bond acceptors (Lipinski definition) is 4. The van der Waals surface area contributed by atoms with Crippen molar-refractivity contribution in [3.05, 3.63) is 0 Å². The van der Waals surface area contributed by atoms with Gasteiger partial charge in [0.1, 0.15) is 6.04 Å². The zero-order valence-electron chi connectivity index (χ0n) is 12.7. The Labute approximate surface area is 124 Å². The van der Waals surface area contributed by atoms with Crippen molar-refractivity contribution in [2.45, 2.75) is 44.8 Å². The third kappa shape index (κ3) is 4.89. The Balaban J connectivity index is 2.61. The van der Waals surface area contributed by atoms with Crippen molar-refractivity contribution in [2.24, 2.45) is 5.73 Å². The first-order valence-corrected chi connectivity index (χ1v) is 7.00. The summed E-state index contributed by atoms with van der Waals surface area (Å²) in [6, 6.07) is -1.12. The van der Waals surface area contributed by atoms with Crippen LogP contribution in [0.15, 0.2) is 0 Å². The van der Waals surface area contributed by atoms with E-state index in [0.717, 1.165) is 0 Å². The summed E-state index contributed by atoms with van der Waals surface area (Å²) in [4.78, 5) is 37.8. The van der Waals surface area contributed by atoms with Gasteiger partial charge in [0.25, 0.3) is 0 Å². The standard InChI is InChI=1S/C13H24N4O4/c1-8-6-17(7-9(2)16(8)3)13(21)15-10(12(19)20)4-5-11(14)18/h8-10H,4-7H2,1-3H3,(H2,14,18)(H,15,21)(H,19,20)/t8?,9?,10-/m1/s1. The second kappa shape index (κ2) is 7.26. The van der Waals surface area contributed by atoms with Gasteiger partial charge < -0.3 is 21.1 Å². The van der Waals surface area contributed by atoms with E-state index in [1.807, 2.05) is 20.9 Å². The number of hydrogen-bond donors (Lipinski definition) is 3. The van der Waals surface area contributed by atoms with Crippen LogP contribution in [0.5, 0.6) is 0 Å². The Morgan fingerprint density at radius 1 is 1.29 bits per heavy atom. The van der Waals surface area contributed by atoms with Gasteiger partial charge in [0.15, 0.2) is 0 Å². The number of carboxylic acids is 1. The zero-order valence-corrected chi connectivity index (χ0v) is 12.7. The van der Waals surface area contributed by atoms with Gasteiger partial charge in [-0.05, 0) is 27.3 Å². The quantitative estimate of drug-likeness (QED) is 0.629. The fourth-order valence-corrected chi connectivity index (χ4v) is 2.35. The van der Waals surface area contributed by atoms with Gasteiger partial charge in [-0.3, -0.25) is 9.69 Å². The van der Waals surface area contributed by atoms with E-state index < -0.39 is 23.9 Å². The molecule has 0 bridgehead atoms. The van der Waals surface area contributed by atoms with Crippen molar-refractivity contribution >= 4 is 17.9 Å². The van der Waals surface area contributed by atoms with Crippen LogP contribution in [0.2, 0.25) is 0 Å². The summed E-state index contributed by atoms with van der Waals surface area (Å²) in [5, 5.41) is 11.5. The van der Waals surface area contributed by atoms with Gasteiger partial charge in [-0.2, -0.15) is 0 Å². The number of aliphatic carboxylic acids is 1. The van der Waals surface area contributed by atoms with E-state index in [4.69, 9.17) is 10.8 Å². The molecule has 1 saturated heterocycles. The lowest BCUT2D eigenvalue weighted by Gasteiger charge is -2.42. The van der Waals surface area contributed by atoms with Crippen LogP contribution in [0.1, 0.15) is 26.7 Å². The SMILES string of the molecule is CC1CN(C(=O)N[C@H](CCC(N)=O)C(=O)O)CC(C)N1C. The smallest absolute Gasteiger partial charge is 0.326 e. The van der Waals surface area contributed by atoms with Crippen LogP contribution in [0.25, 0.3) is 0 Å². The average Bonchev–Trinajstić information content (AvgIpc) is 2.39. The molecule has 8 heteroatoms. The Kier molecular flexibility index (Phi) is 5.95. The van der Waals surface area contributed by atoms with Gasteiger partial charge in [0, 0.05) is 31.6 Å². The normalized spacial score (nSPS) is 24.4. The van der Waals surface area contributed by atoms with Crippen molar-refractivity contribution in [3.8, 4) is 0 Å². The Morgan fingerprint density at radius 3 is 2.24 bits per heavy atom. The van der Waals surface area contributed by atoms with Crippen LogP contribution >= 0.6 is 0 Å². The fraction of sp³-hybridized carbons (Fsp3) is 0.769. The number of rotatable bonds is 5. The molecule has 3 atom stereocenters. The van der Waals surface area contributed by atoms with E-state index in [-0.39, 0.29) is 24.9 Å². The molecule has 0 saturated carbocycles. The predicted molar refractivity (Wildman–Crippen MR) is 76.6 cm³/mol. The monoisotopic (exact) mass is 300 g/mol. The highest BCUT2D eigenvalue weighted by Gasteiger charge is 2.31. The second-order valence-corrected chi connectivity index (χ2v) is 5.61. The lowest BCUT2D eigenvalue weighted by atomic mass is 10.1. The molecular formula is C13H24N4O4. The maximum Gasteiger partial charge on any atom is 0.326 e. The molecule has 0 aromatic heterocycles. The third-order valence-electron chi connectivity index (χ3n) is 3.92. The van der Waals surface area contributed by atoms with Gasteiger partial charge in [-0.1, -0.05) is 0 Å². The van der Waals surface area contributed by atoms with Crippen LogP contribution in [0, 0.1) is 0 Å².